The van der Waals surface area contributed by atoms with E-state index in [1.165, 1.54) is 11.3 Å². The summed E-state index contributed by atoms with van der Waals surface area (Å²) in [6.07, 6.45) is 2.27. The van der Waals surface area contributed by atoms with Crippen molar-refractivity contribution in [2.45, 2.75) is 10.8 Å². The topological polar surface area (TPSA) is 73.3 Å². The molecule has 136 valence electrons. The van der Waals surface area contributed by atoms with Crippen molar-refractivity contribution in [3.63, 3.8) is 0 Å². The molecule has 0 spiro atoms. The predicted molar refractivity (Wildman–Crippen MR) is 109 cm³/mol. The van der Waals surface area contributed by atoms with Crippen LogP contribution in [0.1, 0.15) is 5.56 Å². The van der Waals surface area contributed by atoms with E-state index in [-0.39, 0.29) is 19.1 Å². The van der Waals surface area contributed by atoms with E-state index in [2.05, 4.69) is 15.3 Å². The lowest BCUT2D eigenvalue weighted by atomic mass is 10.1. The summed E-state index contributed by atoms with van der Waals surface area (Å²) in [6.45, 7) is 0.223. The van der Waals surface area contributed by atoms with Crippen molar-refractivity contribution in [1.29, 1.82) is 0 Å². The Kier molecular flexibility index (Phi) is 4.14. The molecule has 0 radical (unpaired) electrons. The van der Waals surface area contributed by atoms with Gasteiger partial charge < -0.3 is 14.8 Å². The summed E-state index contributed by atoms with van der Waals surface area (Å²) >= 11 is 4.77. The number of nitrogens with one attached hydrogen (secondary N) is 1. The van der Waals surface area contributed by atoms with Gasteiger partial charge in [-0.15, -0.1) is 11.3 Å². The highest BCUT2D eigenvalue weighted by Gasteiger charge is 2.16. The van der Waals surface area contributed by atoms with Gasteiger partial charge in [-0.1, -0.05) is 29.2 Å². The molecule has 9 heteroatoms. The minimum Gasteiger partial charge on any atom is -0.454 e. The van der Waals surface area contributed by atoms with Crippen molar-refractivity contribution in [2.24, 2.45) is 0 Å². The van der Waals surface area contributed by atoms with E-state index < -0.39 is 0 Å². The summed E-state index contributed by atoms with van der Waals surface area (Å²) in [6, 6.07) is 9.46. The van der Waals surface area contributed by atoms with Crippen LogP contribution in [0.3, 0.4) is 0 Å². The number of anilines is 1. The molecule has 0 saturated carbocycles. The summed E-state index contributed by atoms with van der Waals surface area (Å²) in [5, 5.41) is 3.51. The fourth-order valence-corrected chi connectivity index (χ4v) is 5.57. The van der Waals surface area contributed by atoms with Gasteiger partial charge >= 0.3 is 0 Å². The molecule has 0 aliphatic carbocycles. The van der Waals surface area contributed by atoms with Gasteiger partial charge in [0.15, 0.2) is 21.0 Å². The van der Waals surface area contributed by atoms with Crippen molar-refractivity contribution in [2.75, 3.05) is 18.4 Å². The minimum absolute atomic E-state index is 0.113. The van der Waals surface area contributed by atoms with Gasteiger partial charge in [-0.05, 0) is 36.1 Å². The van der Waals surface area contributed by atoms with Crippen molar-refractivity contribution >= 4 is 65.9 Å². The maximum absolute atomic E-state index is 12.4. The number of carbonyl (C=O) groups is 1. The summed E-state index contributed by atoms with van der Waals surface area (Å²) in [7, 11) is 0. The van der Waals surface area contributed by atoms with Gasteiger partial charge in [-0.2, -0.15) is 0 Å². The number of thioether (sulfide) groups is 1. The third kappa shape index (κ3) is 3.11. The Morgan fingerprint density at radius 3 is 2.74 bits per heavy atom. The number of hydrogen-bond donors (Lipinski definition) is 1. The quantitative estimate of drug-likeness (QED) is 0.494. The van der Waals surface area contributed by atoms with E-state index in [9.17, 15) is 4.79 Å². The lowest BCUT2D eigenvalue weighted by Crippen LogP contribution is -2.14. The normalized spacial score (nSPS) is 12.8. The van der Waals surface area contributed by atoms with Gasteiger partial charge in [0.2, 0.25) is 12.7 Å². The third-order valence-corrected chi connectivity index (χ3v) is 7.32. The standard InChI is InChI=1S/C18H13N3O3S3/c1-25-18-20-11-4-3-10-15(16(11)27-18)26-17(19-10)21-14(22)7-9-2-5-12-13(6-9)24-8-23-12/h2-6H,7-8H2,1H3,(H,19,21,22). The van der Waals surface area contributed by atoms with Gasteiger partial charge in [0, 0.05) is 0 Å². The molecule has 0 fully saturated rings. The van der Waals surface area contributed by atoms with Crippen LogP contribution in [0.4, 0.5) is 5.13 Å². The molecule has 1 aliphatic heterocycles. The van der Waals surface area contributed by atoms with Gasteiger partial charge in [-0.3, -0.25) is 4.79 Å². The van der Waals surface area contributed by atoms with Crippen LogP contribution in [0, 0.1) is 0 Å². The van der Waals surface area contributed by atoms with Crippen LogP contribution in [0.15, 0.2) is 34.7 Å². The van der Waals surface area contributed by atoms with Crippen molar-refractivity contribution in [3.8, 4) is 11.5 Å². The Hall–Kier alpha value is -2.36. The molecule has 27 heavy (non-hydrogen) atoms. The lowest BCUT2D eigenvalue weighted by molar-refractivity contribution is -0.115. The zero-order valence-electron chi connectivity index (χ0n) is 14.1. The first kappa shape index (κ1) is 16.8. The molecule has 0 atom stereocenters. The first-order valence-corrected chi connectivity index (χ1v) is 11.0. The maximum atomic E-state index is 12.4. The molecule has 6 nitrogen and oxygen atoms in total. The van der Waals surface area contributed by atoms with Crippen LogP contribution < -0.4 is 14.8 Å². The number of amides is 1. The molecule has 2 aromatic heterocycles. The molecule has 1 amide bonds. The van der Waals surface area contributed by atoms with Gasteiger partial charge in [0.1, 0.15) is 0 Å². The lowest BCUT2D eigenvalue weighted by Gasteiger charge is -2.03. The molecular weight excluding hydrogens is 402 g/mol. The number of ether oxygens (including phenoxy) is 2. The number of benzene rings is 2. The van der Waals surface area contributed by atoms with Crippen LogP contribution in [-0.4, -0.2) is 28.9 Å². The summed E-state index contributed by atoms with van der Waals surface area (Å²) in [4.78, 5) is 21.6. The second kappa shape index (κ2) is 6.66. The first-order chi connectivity index (χ1) is 13.2. The Morgan fingerprint density at radius 2 is 1.89 bits per heavy atom. The Morgan fingerprint density at radius 1 is 1.11 bits per heavy atom. The summed E-state index contributed by atoms with van der Waals surface area (Å²) in [5.41, 5.74) is 2.72. The Labute approximate surface area is 166 Å². The Balaban J connectivity index is 1.38. The van der Waals surface area contributed by atoms with Crippen LogP contribution in [0.25, 0.3) is 20.4 Å². The number of fused-ring (bicyclic) bond motifs is 4. The highest BCUT2D eigenvalue weighted by Crippen LogP contribution is 2.38. The second-order valence-electron chi connectivity index (χ2n) is 5.88. The predicted octanol–water partition coefficient (Wildman–Crippen LogP) is 4.54. The number of rotatable bonds is 4. The molecule has 0 unspecified atom stereocenters. The van der Waals surface area contributed by atoms with Crippen molar-refractivity contribution < 1.29 is 14.3 Å². The number of carbonyl (C=O) groups excluding carboxylic acids is 1. The highest BCUT2D eigenvalue weighted by molar-refractivity contribution is 8.00. The van der Waals surface area contributed by atoms with Crippen molar-refractivity contribution in [1.82, 2.24) is 9.97 Å². The highest BCUT2D eigenvalue weighted by atomic mass is 32.2. The van der Waals surface area contributed by atoms with E-state index in [0.717, 1.165) is 30.3 Å². The molecule has 4 aromatic rings. The van der Waals surface area contributed by atoms with Crippen LogP contribution >= 0.6 is 34.4 Å². The zero-order valence-corrected chi connectivity index (χ0v) is 16.6. The molecule has 2 aromatic carbocycles. The first-order valence-electron chi connectivity index (χ1n) is 8.12. The summed E-state index contributed by atoms with van der Waals surface area (Å²) in [5.74, 6) is 1.28. The van der Waals surface area contributed by atoms with E-state index in [1.54, 1.807) is 23.1 Å². The van der Waals surface area contributed by atoms with Gasteiger partial charge in [0.05, 0.1) is 26.9 Å². The van der Waals surface area contributed by atoms with E-state index in [4.69, 9.17) is 9.47 Å². The molecule has 5 rings (SSSR count). The zero-order chi connectivity index (χ0) is 18.4. The number of aromatic nitrogens is 2. The van der Waals surface area contributed by atoms with E-state index in [0.29, 0.717) is 16.6 Å². The molecule has 3 heterocycles. The Bertz CT molecular complexity index is 1180. The number of hydrogen-bond acceptors (Lipinski definition) is 8. The van der Waals surface area contributed by atoms with Crippen LogP contribution in [0.2, 0.25) is 0 Å². The SMILES string of the molecule is CSc1nc2ccc3nc(NC(=O)Cc4ccc5c(c4)OCO5)sc3c2s1. The van der Waals surface area contributed by atoms with E-state index in [1.807, 2.05) is 36.6 Å². The third-order valence-electron chi connectivity index (χ3n) is 4.12. The number of nitrogens with zero attached hydrogens (tertiary/aromatic N) is 2. The van der Waals surface area contributed by atoms with Gasteiger partial charge in [0.25, 0.3) is 0 Å². The maximum Gasteiger partial charge on any atom is 0.231 e. The molecule has 0 saturated heterocycles. The fourth-order valence-electron chi connectivity index (χ4n) is 2.89. The number of thiazole rings is 2. The second-order valence-corrected chi connectivity index (χ2v) is 8.93. The smallest absolute Gasteiger partial charge is 0.231 e. The monoisotopic (exact) mass is 415 g/mol. The van der Waals surface area contributed by atoms with Crippen LogP contribution in [-0.2, 0) is 11.2 Å². The van der Waals surface area contributed by atoms with Crippen LogP contribution in [0.5, 0.6) is 11.5 Å². The van der Waals surface area contributed by atoms with E-state index >= 15 is 0 Å². The van der Waals surface area contributed by atoms with Crippen molar-refractivity contribution in [3.05, 3.63) is 35.9 Å². The molecule has 1 aliphatic rings. The average Bonchev–Trinajstić information content (AvgIpc) is 3.37. The average molecular weight is 416 g/mol. The molecule has 0 bridgehead atoms. The summed E-state index contributed by atoms with van der Waals surface area (Å²) < 4.78 is 13.9. The molecular formula is C18H13N3O3S3. The largest absolute Gasteiger partial charge is 0.454 e. The van der Waals surface area contributed by atoms with Gasteiger partial charge in [-0.25, -0.2) is 9.97 Å². The fraction of sp³-hybridized carbons (Fsp3) is 0.167. The minimum atomic E-state index is -0.113. The molecule has 1 N–H and O–H groups in total.